The molecule has 0 aliphatic carbocycles. The molecule has 1 rings (SSSR count). The molecular formula is C14H20ClNO. The number of rotatable bonds is 6. The van der Waals surface area contributed by atoms with Crippen LogP contribution in [0.15, 0.2) is 24.8 Å². The Kier molecular flexibility index (Phi) is 5.52. The Hall–Kier alpha value is -0.990. The van der Waals surface area contributed by atoms with Crippen molar-refractivity contribution in [2.75, 3.05) is 6.61 Å². The summed E-state index contributed by atoms with van der Waals surface area (Å²) in [5.41, 5.74) is 2.03. The van der Waals surface area contributed by atoms with Gasteiger partial charge in [0.2, 0.25) is 0 Å². The maximum absolute atomic E-state index is 6.22. The van der Waals surface area contributed by atoms with Crippen LogP contribution in [0.25, 0.3) is 5.76 Å². The summed E-state index contributed by atoms with van der Waals surface area (Å²) in [6, 6.07) is 6.35. The zero-order valence-electron chi connectivity index (χ0n) is 10.7. The number of ether oxygens (including phenoxy) is 1. The van der Waals surface area contributed by atoms with Crippen LogP contribution in [-0.2, 0) is 11.3 Å². The molecule has 0 spiro atoms. The number of halogens is 1. The van der Waals surface area contributed by atoms with E-state index in [2.05, 4.69) is 25.7 Å². The fourth-order valence-corrected chi connectivity index (χ4v) is 1.68. The first-order chi connectivity index (χ1) is 8.04. The third-order valence-corrected chi connectivity index (χ3v) is 2.75. The molecule has 1 N–H and O–H groups in total. The van der Waals surface area contributed by atoms with Crippen LogP contribution < -0.4 is 5.32 Å². The molecule has 0 bridgehead atoms. The Morgan fingerprint density at radius 2 is 2.18 bits per heavy atom. The second-order valence-corrected chi connectivity index (χ2v) is 4.61. The summed E-state index contributed by atoms with van der Waals surface area (Å²) >= 11 is 6.22. The highest BCUT2D eigenvalue weighted by atomic mass is 35.5. The van der Waals surface area contributed by atoms with Gasteiger partial charge >= 0.3 is 0 Å². The summed E-state index contributed by atoms with van der Waals surface area (Å²) < 4.78 is 5.35. The number of hydrogen-bond acceptors (Lipinski definition) is 2. The lowest BCUT2D eigenvalue weighted by molar-refractivity contribution is 0.299. The van der Waals surface area contributed by atoms with E-state index in [4.69, 9.17) is 16.3 Å². The van der Waals surface area contributed by atoms with Gasteiger partial charge in [0.15, 0.2) is 0 Å². The molecule has 0 aromatic heterocycles. The maximum Gasteiger partial charge on any atom is 0.119 e. The Morgan fingerprint density at radius 1 is 1.47 bits per heavy atom. The van der Waals surface area contributed by atoms with E-state index in [1.165, 1.54) is 0 Å². The fraction of sp³-hybridized carbons (Fsp3) is 0.429. The summed E-state index contributed by atoms with van der Waals surface area (Å²) in [4.78, 5) is 0. The molecule has 94 valence electrons. The molecule has 0 atom stereocenters. The molecule has 0 aliphatic rings. The molecule has 0 radical (unpaired) electrons. The van der Waals surface area contributed by atoms with Crippen molar-refractivity contribution in [1.29, 1.82) is 0 Å². The minimum atomic E-state index is 0.448. The monoisotopic (exact) mass is 253 g/mol. The van der Waals surface area contributed by atoms with E-state index in [0.717, 1.165) is 22.7 Å². The van der Waals surface area contributed by atoms with Crippen molar-refractivity contribution in [1.82, 2.24) is 5.32 Å². The average molecular weight is 254 g/mol. The molecular weight excluding hydrogens is 234 g/mol. The fourth-order valence-electron chi connectivity index (χ4n) is 1.44. The van der Waals surface area contributed by atoms with Crippen LogP contribution in [0, 0.1) is 0 Å². The van der Waals surface area contributed by atoms with Crippen LogP contribution in [0.1, 0.15) is 31.9 Å². The molecule has 3 heteroatoms. The van der Waals surface area contributed by atoms with Crippen LogP contribution >= 0.6 is 11.6 Å². The van der Waals surface area contributed by atoms with Gasteiger partial charge in [0.1, 0.15) is 5.76 Å². The van der Waals surface area contributed by atoms with E-state index in [9.17, 15) is 0 Å². The van der Waals surface area contributed by atoms with Crippen LogP contribution in [0.5, 0.6) is 0 Å². The topological polar surface area (TPSA) is 21.3 Å². The highest BCUT2D eigenvalue weighted by Crippen LogP contribution is 2.22. The number of hydrogen-bond donors (Lipinski definition) is 1. The third kappa shape index (κ3) is 4.41. The quantitative estimate of drug-likeness (QED) is 0.778. The lowest BCUT2D eigenvalue weighted by Gasteiger charge is -2.12. The van der Waals surface area contributed by atoms with Crippen LogP contribution in [-0.4, -0.2) is 12.6 Å². The molecule has 0 unspecified atom stereocenters. The highest BCUT2D eigenvalue weighted by molar-refractivity contribution is 6.31. The first-order valence-corrected chi connectivity index (χ1v) is 6.26. The van der Waals surface area contributed by atoms with E-state index in [1.807, 2.05) is 25.1 Å². The standard InChI is InChI=1S/C14H20ClNO/c1-5-17-11(4)12-6-7-13(14(15)8-12)9-16-10(2)3/h6-8,10,16H,4-5,9H2,1-3H3. The number of nitrogens with one attached hydrogen (secondary N) is 1. The van der Waals surface area contributed by atoms with Crippen molar-refractivity contribution in [3.05, 3.63) is 40.9 Å². The third-order valence-electron chi connectivity index (χ3n) is 2.39. The zero-order valence-corrected chi connectivity index (χ0v) is 11.5. The largest absolute Gasteiger partial charge is 0.494 e. The van der Waals surface area contributed by atoms with Gasteiger partial charge in [0.25, 0.3) is 0 Å². The van der Waals surface area contributed by atoms with Gasteiger partial charge in [-0.3, -0.25) is 0 Å². The van der Waals surface area contributed by atoms with Crippen molar-refractivity contribution in [2.45, 2.75) is 33.4 Å². The molecule has 1 aromatic rings. The van der Waals surface area contributed by atoms with Gasteiger partial charge in [-0.05, 0) is 18.6 Å². The molecule has 0 saturated heterocycles. The van der Waals surface area contributed by atoms with Gasteiger partial charge in [-0.2, -0.15) is 0 Å². The van der Waals surface area contributed by atoms with Gasteiger partial charge in [-0.15, -0.1) is 0 Å². The Morgan fingerprint density at radius 3 is 2.71 bits per heavy atom. The van der Waals surface area contributed by atoms with Crippen molar-refractivity contribution < 1.29 is 4.74 Å². The van der Waals surface area contributed by atoms with Crippen molar-refractivity contribution in [3.63, 3.8) is 0 Å². The summed E-state index contributed by atoms with van der Waals surface area (Å²) in [5, 5.41) is 4.09. The predicted octanol–water partition coefficient (Wildman–Crippen LogP) is 3.85. The van der Waals surface area contributed by atoms with E-state index < -0.39 is 0 Å². The van der Waals surface area contributed by atoms with Crippen molar-refractivity contribution in [3.8, 4) is 0 Å². The molecule has 17 heavy (non-hydrogen) atoms. The zero-order chi connectivity index (χ0) is 12.8. The molecule has 0 aliphatic heterocycles. The minimum Gasteiger partial charge on any atom is -0.494 e. The first kappa shape index (κ1) is 14.1. The molecule has 0 heterocycles. The summed E-state index contributed by atoms with van der Waals surface area (Å²) in [7, 11) is 0. The van der Waals surface area contributed by atoms with Crippen molar-refractivity contribution in [2.24, 2.45) is 0 Å². The molecule has 0 amide bonds. The highest BCUT2D eigenvalue weighted by Gasteiger charge is 2.05. The van der Waals surface area contributed by atoms with Crippen LogP contribution in [0.4, 0.5) is 0 Å². The Labute approximate surface area is 109 Å². The van der Waals surface area contributed by atoms with E-state index in [1.54, 1.807) is 0 Å². The lowest BCUT2D eigenvalue weighted by Crippen LogP contribution is -2.21. The first-order valence-electron chi connectivity index (χ1n) is 5.88. The number of benzene rings is 1. The lowest BCUT2D eigenvalue weighted by atomic mass is 10.1. The summed E-state index contributed by atoms with van der Waals surface area (Å²) in [5.74, 6) is 0.665. The minimum absolute atomic E-state index is 0.448. The SMILES string of the molecule is C=C(OCC)c1ccc(CNC(C)C)c(Cl)c1. The Balaban J connectivity index is 2.75. The van der Waals surface area contributed by atoms with Gasteiger partial charge in [-0.25, -0.2) is 0 Å². The van der Waals surface area contributed by atoms with E-state index >= 15 is 0 Å². The second-order valence-electron chi connectivity index (χ2n) is 4.20. The molecule has 0 saturated carbocycles. The van der Waals surface area contributed by atoms with Crippen molar-refractivity contribution >= 4 is 17.4 Å². The Bertz CT molecular complexity index is 388. The summed E-state index contributed by atoms with van der Waals surface area (Å²) in [6.07, 6.45) is 0. The van der Waals surface area contributed by atoms with E-state index in [0.29, 0.717) is 18.4 Å². The van der Waals surface area contributed by atoms with Gasteiger partial charge in [-0.1, -0.05) is 44.2 Å². The normalized spacial score (nSPS) is 10.6. The maximum atomic E-state index is 6.22. The van der Waals surface area contributed by atoms with E-state index in [-0.39, 0.29) is 0 Å². The second kappa shape index (κ2) is 6.67. The van der Waals surface area contributed by atoms with Crippen LogP contribution in [0.2, 0.25) is 5.02 Å². The predicted molar refractivity (Wildman–Crippen MR) is 74.1 cm³/mol. The molecule has 1 aromatic carbocycles. The molecule has 2 nitrogen and oxygen atoms in total. The van der Waals surface area contributed by atoms with Gasteiger partial charge in [0.05, 0.1) is 6.61 Å². The van der Waals surface area contributed by atoms with Gasteiger partial charge in [0, 0.05) is 23.2 Å². The molecule has 0 fully saturated rings. The van der Waals surface area contributed by atoms with Gasteiger partial charge < -0.3 is 10.1 Å². The summed E-state index contributed by atoms with van der Waals surface area (Å²) in [6.45, 7) is 11.4. The van der Waals surface area contributed by atoms with Crippen LogP contribution in [0.3, 0.4) is 0 Å². The smallest absolute Gasteiger partial charge is 0.119 e. The average Bonchev–Trinajstić information content (AvgIpc) is 2.27.